The summed E-state index contributed by atoms with van der Waals surface area (Å²) in [5.41, 5.74) is 8.67. The number of ketones is 1. The lowest BCUT2D eigenvalue weighted by Crippen LogP contribution is -2.30. The van der Waals surface area contributed by atoms with Crippen molar-refractivity contribution < 1.29 is 13.2 Å². The smallest absolute Gasteiger partial charge is 0.204 e. The Kier molecular flexibility index (Phi) is 4.86. The maximum Gasteiger partial charge on any atom is 0.204 e. The van der Waals surface area contributed by atoms with Crippen LogP contribution in [0, 0.1) is 0 Å². The van der Waals surface area contributed by atoms with Crippen LogP contribution in [0.4, 0.5) is 0 Å². The van der Waals surface area contributed by atoms with E-state index in [1.54, 1.807) is 0 Å². The molecule has 3 aliphatic carbocycles. The third-order valence-electron chi connectivity index (χ3n) is 8.88. The van der Waals surface area contributed by atoms with E-state index in [0.29, 0.717) is 18.5 Å². The zero-order valence-corrected chi connectivity index (χ0v) is 20.6. The van der Waals surface area contributed by atoms with Gasteiger partial charge in [0.15, 0.2) is 10.8 Å². The Balaban J connectivity index is 1.21. The first-order valence-electron chi connectivity index (χ1n) is 13.2. The highest BCUT2D eigenvalue weighted by Crippen LogP contribution is 2.44. The van der Waals surface area contributed by atoms with E-state index in [9.17, 15) is 13.2 Å². The maximum absolute atomic E-state index is 13.7. The molecule has 0 spiro atoms. The number of piperidine rings is 1. The summed E-state index contributed by atoms with van der Waals surface area (Å²) in [6.07, 6.45) is 11.1. The lowest BCUT2D eigenvalue weighted by atomic mass is 9.91. The highest BCUT2D eigenvalue weighted by atomic mass is 32.2. The minimum atomic E-state index is -3.78. The number of hydrogen-bond acceptors (Lipinski definition) is 5. The van der Waals surface area contributed by atoms with Gasteiger partial charge >= 0.3 is 0 Å². The Morgan fingerprint density at radius 1 is 0.941 bits per heavy atom. The number of aromatic nitrogens is 2. The van der Waals surface area contributed by atoms with Crippen molar-refractivity contribution in [2.75, 3.05) is 18.8 Å². The van der Waals surface area contributed by atoms with Gasteiger partial charge in [0.25, 0.3) is 0 Å². The van der Waals surface area contributed by atoms with Crippen molar-refractivity contribution in [3.8, 4) is 0 Å². The van der Waals surface area contributed by atoms with Crippen molar-refractivity contribution in [1.82, 2.24) is 14.7 Å². The summed E-state index contributed by atoms with van der Waals surface area (Å²) in [5.74, 6) is -0.207. The van der Waals surface area contributed by atoms with Gasteiger partial charge in [0.2, 0.25) is 9.84 Å². The highest BCUT2D eigenvalue weighted by molar-refractivity contribution is 7.92. The number of benzene rings is 1. The van der Waals surface area contributed by atoms with Gasteiger partial charge in [0.05, 0.1) is 6.04 Å². The number of rotatable bonds is 6. The van der Waals surface area contributed by atoms with Crippen molar-refractivity contribution in [2.45, 2.75) is 94.2 Å². The molecule has 7 heteroatoms. The van der Waals surface area contributed by atoms with Crippen LogP contribution in [0.1, 0.15) is 89.6 Å². The number of carbonyl (C=O) groups excluding carboxylic acids is 1. The van der Waals surface area contributed by atoms with Crippen LogP contribution in [0.2, 0.25) is 0 Å². The van der Waals surface area contributed by atoms with Gasteiger partial charge in [-0.05, 0) is 105 Å². The predicted molar refractivity (Wildman–Crippen MR) is 129 cm³/mol. The minimum Gasteiger partial charge on any atom is -0.299 e. The molecule has 180 valence electrons. The quantitative estimate of drug-likeness (QED) is 0.634. The molecule has 0 unspecified atom stereocenters. The predicted octanol–water partition coefficient (Wildman–Crippen LogP) is 3.47. The summed E-state index contributed by atoms with van der Waals surface area (Å²) in [4.78, 5) is 15.7. The summed E-state index contributed by atoms with van der Waals surface area (Å²) in [6.45, 7) is 2.69. The van der Waals surface area contributed by atoms with Crippen LogP contribution in [0.3, 0.4) is 0 Å². The topological polar surface area (TPSA) is 72.3 Å². The van der Waals surface area contributed by atoms with E-state index in [2.05, 4.69) is 11.0 Å². The minimum absolute atomic E-state index is 0.180. The van der Waals surface area contributed by atoms with E-state index in [0.717, 1.165) is 94.1 Å². The number of hydrogen-bond donors (Lipinski definition) is 0. The molecule has 1 aromatic carbocycles. The Hall–Kier alpha value is -1.99. The first-order chi connectivity index (χ1) is 16.5. The first kappa shape index (κ1) is 21.3. The second-order valence-electron chi connectivity index (χ2n) is 11.2. The van der Waals surface area contributed by atoms with Gasteiger partial charge < -0.3 is 0 Å². The van der Waals surface area contributed by atoms with Gasteiger partial charge in [-0.15, -0.1) is 0 Å². The number of carbonyl (C=O) groups is 1. The molecule has 1 saturated heterocycles. The van der Waals surface area contributed by atoms with Crippen LogP contribution in [0.15, 0.2) is 11.1 Å². The molecule has 2 fully saturated rings. The third-order valence-corrected chi connectivity index (χ3v) is 10.5. The summed E-state index contributed by atoms with van der Waals surface area (Å²) >= 11 is 0. The molecule has 0 radical (unpaired) electrons. The summed E-state index contributed by atoms with van der Waals surface area (Å²) in [6, 6.07) is 2.70. The molecule has 2 bridgehead atoms. The van der Waals surface area contributed by atoms with Gasteiger partial charge in [-0.2, -0.15) is 5.10 Å². The van der Waals surface area contributed by atoms with Crippen LogP contribution in [-0.4, -0.2) is 47.7 Å². The fraction of sp³-hybridized carbons (Fsp3) is 0.630. The number of aryl methyl sites for hydroxylation is 2. The third kappa shape index (κ3) is 3.41. The molecule has 1 saturated carbocycles. The van der Waals surface area contributed by atoms with E-state index in [1.807, 2.05) is 4.68 Å². The Bertz CT molecular complexity index is 1260. The van der Waals surface area contributed by atoms with Crippen molar-refractivity contribution in [1.29, 1.82) is 0 Å². The number of Topliss-reactive ketones (excluding diaryl/α,β-unsaturated/α-hetero) is 1. The van der Waals surface area contributed by atoms with E-state index in [-0.39, 0.29) is 17.2 Å². The Labute approximate surface area is 201 Å². The monoisotopic (exact) mass is 479 g/mol. The van der Waals surface area contributed by atoms with Gasteiger partial charge in [0, 0.05) is 30.1 Å². The Morgan fingerprint density at radius 3 is 2.26 bits per heavy atom. The standard InChI is InChI=1S/C27H33N3O3S/c31-21(14-24-22-5-1-3-18(22)13-19-4-2-6-23(19)24)16-34(32,33)27-25-15-29-11-9-17(10-12-29)26(25)30(28-27)20-7-8-20/h13,17,20H,1-12,14-16H2. The average Bonchev–Trinajstić information content (AvgIpc) is 3.28. The number of fused-ring (bicyclic) bond motifs is 4. The molecule has 6 aliphatic rings. The zero-order valence-electron chi connectivity index (χ0n) is 19.8. The molecular formula is C27H33N3O3S. The van der Waals surface area contributed by atoms with Gasteiger partial charge in [-0.3, -0.25) is 14.4 Å². The molecular weight excluding hydrogens is 446 g/mol. The lowest BCUT2D eigenvalue weighted by molar-refractivity contribution is -0.116. The molecule has 0 amide bonds. The molecule has 3 aliphatic heterocycles. The van der Waals surface area contributed by atoms with Crippen LogP contribution >= 0.6 is 0 Å². The normalized spacial score (nSPS) is 25.2. The molecule has 8 rings (SSSR count). The van der Waals surface area contributed by atoms with Crippen molar-refractivity contribution in [3.63, 3.8) is 0 Å². The van der Waals surface area contributed by atoms with Crippen LogP contribution in [0.5, 0.6) is 0 Å². The van der Waals surface area contributed by atoms with Crippen LogP contribution in [0.25, 0.3) is 0 Å². The fourth-order valence-electron chi connectivity index (χ4n) is 7.15. The highest BCUT2D eigenvalue weighted by Gasteiger charge is 2.41. The van der Waals surface area contributed by atoms with Crippen molar-refractivity contribution >= 4 is 15.6 Å². The molecule has 0 N–H and O–H groups in total. The average molecular weight is 480 g/mol. The number of nitrogens with zero attached hydrogens (tertiary/aromatic N) is 3. The van der Waals surface area contributed by atoms with E-state index in [1.165, 1.54) is 22.3 Å². The van der Waals surface area contributed by atoms with E-state index < -0.39 is 15.6 Å². The van der Waals surface area contributed by atoms with Crippen molar-refractivity contribution in [3.05, 3.63) is 45.1 Å². The largest absolute Gasteiger partial charge is 0.299 e. The molecule has 1 aromatic heterocycles. The van der Waals surface area contributed by atoms with E-state index in [4.69, 9.17) is 5.10 Å². The van der Waals surface area contributed by atoms with Crippen LogP contribution in [-0.2, 0) is 53.3 Å². The lowest BCUT2D eigenvalue weighted by Gasteiger charge is -2.27. The maximum atomic E-state index is 13.7. The second-order valence-corrected chi connectivity index (χ2v) is 13.1. The zero-order chi connectivity index (χ0) is 23.0. The molecule has 34 heavy (non-hydrogen) atoms. The molecule has 0 atom stereocenters. The van der Waals surface area contributed by atoms with Crippen LogP contribution < -0.4 is 0 Å². The van der Waals surface area contributed by atoms with Gasteiger partial charge in [-0.25, -0.2) is 8.42 Å². The number of sulfone groups is 1. The summed E-state index contributed by atoms with van der Waals surface area (Å²) in [5, 5.41) is 4.91. The summed E-state index contributed by atoms with van der Waals surface area (Å²) in [7, 11) is -3.78. The second kappa shape index (κ2) is 7.76. The Morgan fingerprint density at radius 2 is 1.62 bits per heavy atom. The molecule has 2 aromatic rings. The van der Waals surface area contributed by atoms with Gasteiger partial charge in [-0.1, -0.05) is 6.07 Å². The van der Waals surface area contributed by atoms with Gasteiger partial charge in [0.1, 0.15) is 5.75 Å². The molecule has 6 nitrogen and oxygen atoms in total. The molecule has 4 heterocycles. The van der Waals surface area contributed by atoms with Crippen molar-refractivity contribution in [2.24, 2.45) is 0 Å². The van der Waals surface area contributed by atoms with E-state index >= 15 is 0 Å². The SMILES string of the molecule is O=C(Cc1c2c(cc3c1CCC3)CCC2)CS(=O)(=O)c1nn(C2CC2)c2c1CN1CCC2CC1. The fourth-order valence-corrected chi connectivity index (χ4v) is 8.57. The first-order valence-corrected chi connectivity index (χ1v) is 14.9. The summed E-state index contributed by atoms with van der Waals surface area (Å²) < 4.78 is 29.4.